The van der Waals surface area contributed by atoms with Gasteiger partial charge in [0.2, 0.25) is 0 Å². The third-order valence-electron chi connectivity index (χ3n) is 5.90. The lowest BCUT2D eigenvalue weighted by molar-refractivity contribution is 0.102. The predicted octanol–water partition coefficient (Wildman–Crippen LogP) is 3.56. The van der Waals surface area contributed by atoms with Crippen molar-refractivity contribution >= 4 is 55.5 Å². The highest BCUT2D eigenvalue weighted by molar-refractivity contribution is 7.91. The minimum atomic E-state index is -3.21. The number of rotatable bonds is 5. The van der Waals surface area contributed by atoms with Gasteiger partial charge in [0.05, 0.1) is 56.8 Å². The standard InChI is InChI=1S/C23H19Cl2N5O4S/c24-19-2-1-14(9-20(19)25)11-29-12-18(22(31)28-15-3-6-26-7-4-15)21-17(23(29)32)10-27-30(21)16-5-8-35(33,34)13-16/h1-4,6-7,9-10,12,16H,5,8,11,13H2,(H,26,28,31). The first-order valence-electron chi connectivity index (χ1n) is 10.7. The molecule has 1 aliphatic rings. The first kappa shape index (κ1) is 23.5. The van der Waals surface area contributed by atoms with Crippen molar-refractivity contribution in [1.82, 2.24) is 19.3 Å². The van der Waals surface area contributed by atoms with Gasteiger partial charge < -0.3 is 9.88 Å². The fourth-order valence-electron chi connectivity index (χ4n) is 4.21. The van der Waals surface area contributed by atoms with Gasteiger partial charge in [-0.15, -0.1) is 0 Å². The van der Waals surface area contributed by atoms with E-state index < -0.39 is 21.8 Å². The summed E-state index contributed by atoms with van der Waals surface area (Å²) in [6.45, 7) is 0.143. The largest absolute Gasteiger partial charge is 0.322 e. The Hall–Kier alpha value is -3.21. The maximum absolute atomic E-state index is 13.4. The molecule has 180 valence electrons. The summed E-state index contributed by atoms with van der Waals surface area (Å²) in [6, 6.07) is 7.86. The molecule has 12 heteroatoms. The van der Waals surface area contributed by atoms with E-state index in [1.165, 1.54) is 21.6 Å². The van der Waals surface area contributed by atoms with Crippen LogP contribution in [0, 0.1) is 0 Å². The van der Waals surface area contributed by atoms with Gasteiger partial charge in [0, 0.05) is 24.3 Å². The van der Waals surface area contributed by atoms with Crippen LogP contribution in [0.25, 0.3) is 10.9 Å². The Balaban J connectivity index is 1.64. The van der Waals surface area contributed by atoms with Crippen molar-refractivity contribution in [2.45, 2.75) is 19.0 Å². The van der Waals surface area contributed by atoms with Crippen molar-refractivity contribution in [3.63, 3.8) is 0 Å². The molecule has 1 fully saturated rings. The number of amides is 1. The molecule has 4 aromatic rings. The maximum atomic E-state index is 13.4. The number of sulfone groups is 1. The minimum absolute atomic E-state index is 0.0337. The third kappa shape index (κ3) is 4.69. The zero-order chi connectivity index (χ0) is 24.7. The molecule has 1 atom stereocenters. The molecule has 1 aromatic carbocycles. The molecule has 1 saturated heterocycles. The smallest absolute Gasteiger partial charge is 0.261 e. The lowest BCUT2D eigenvalue weighted by Gasteiger charge is -2.15. The molecule has 0 radical (unpaired) electrons. The average molecular weight is 532 g/mol. The number of hydrogen-bond acceptors (Lipinski definition) is 6. The summed E-state index contributed by atoms with van der Waals surface area (Å²) < 4.78 is 27.1. The second-order valence-electron chi connectivity index (χ2n) is 8.32. The van der Waals surface area contributed by atoms with Gasteiger partial charge in [-0.05, 0) is 36.2 Å². The molecule has 0 saturated carbocycles. The van der Waals surface area contributed by atoms with Crippen molar-refractivity contribution in [2.24, 2.45) is 0 Å². The SMILES string of the molecule is O=C(Nc1ccncc1)c1cn(Cc2ccc(Cl)c(Cl)c2)c(=O)c2cnn(C3CCS(=O)(=O)C3)c12. The van der Waals surface area contributed by atoms with Gasteiger partial charge >= 0.3 is 0 Å². The molecule has 5 rings (SSSR count). The number of fused-ring (bicyclic) bond motifs is 1. The molecule has 1 amide bonds. The number of carbonyl (C=O) groups excluding carboxylic acids is 1. The third-order valence-corrected chi connectivity index (χ3v) is 8.39. The summed E-state index contributed by atoms with van der Waals surface area (Å²) in [7, 11) is -3.21. The summed E-state index contributed by atoms with van der Waals surface area (Å²) in [4.78, 5) is 30.7. The van der Waals surface area contributed by atoms with Crippen LogP contribution in [0.5, 0.6) is 0 Å². The summed E-state index contributed by atoms with van der Waals surface area (Å²) in [5, 5.41) is 8.11. The van der Waals surface area contributed by atoms with E-state index in [0.29, 0.717) is 27.7 Å². The van der Waals surface area contributed by atoms with Gasteiger partial charge in [-0.1, -0.05) is 29.3 Å². The first-order valence-corrected chi connectivity index (χ1v) is 13.3. The molecular formula is C23H19Cl2N5O4S. The van der Waals surface area contributed by atoms with Crippen molar-refractivity contribution in [3.8, 4) is 0 Å². The van der Waals surface area contributed by atoms with Crippen molar-refractivity contribution in [3.05, 3.63) is 86.6 Å². The lowest BCUT2D eigenvalue weighted by atomic mass is 10.1. The Morgan fingerprint density at radius 2 is 1.91 bits per heavy atom. The van der Waals surface area contributed by atoms with E-state index in [2.05, 4.69) is 15.4 Å². The highest BCUT2D eigenvalue weighted by atomic mass is 35.5. The zero-order valence-electron chi connectivity index (χ0n) is 18.2. The second-order valence-corrected chi connectivity index (χ2v) is 11.4. The monoisotopic (exact) mass is 531 g/mol. The summed E-state index contributed by atoms with van der Waals surface area (Å²) in [5.74, 6) is -0.528. The maximum Gasteiger partial charge on any atom is 0.261 e. The second kappa shape index (κ2) is 9.10. The molecule has 1 aliphatic heterocycles. The first-order chi connectivity index (χ1) is 16.7. The number of carbonyl (C=O) groups is 1. The van der Waals surface area contributed by atoms with E-state index in [0.717, 1.165) is 5.56 Å². The van der Waals surface area contributed by atoms with Crippen molar-refractivity contribution in [2.75, 3.05) is 16.8 Å². The van der Waals surface area contributed by atoms with Gasteiger partial charge in [0.25, 0.3) is 11.5 Å². The summed E-state index contributed by atoms with van der Waals surface area (Å²) >= 11 is 12.1. The molecule has 0 spiro atoms. The van der Waals surface area contributed by atoms with Crippen LogP contribution in [-0.4, -0.2) is 45.2 Å². The van der Waals surface area contributed by atoms with E-state index in [9.17, 15) is 18.0 Å². The molecule has 1 unspecified atom stereocenters. The average Bonchev–Trinajstić information content (AvgIpc) is 3.42. The van der Waals surface area contributed by atoms with Gasteiger partial charge in [-0.2, -0.15) is 5.10 Å². The number of nitrogens with zero attached hydrogens (tertiary/aromatic N) is 4. The van der Waals surface area contributed by atoms with Gasteiger partial charge in [-0.3, -0.25) is 19.3 Å². The predicted molar refractivity (Wildman–Crippen MR) is 134 cm³/mol. The lowest BCUT2D eigenvalue weighted by Crippen LogP contribution is -2.25. The molecule has 0 aliphatic carbocycles. The Morgan fingerprint density at radius 3 is 2.60 bits per heavy atom. The number of benzene rings is 1. The van der Waals surface area contributed by atoms with Crippen molar-refractivity contribution < 1.29 is 13.2 Å². The van der Waals surface area contributed by atoms with E-state index in [-0.39, 0.29) is 34.6 Å². The zero-order valence-corrected chi connectivity index (χ0v) is 20.5. The van der Waals surface area contributed by atoms with Crippen LogP contribution in [0.3, 0.4) is 0 Å². The molecule has 3 aromatic heterocycles. The van der Waals surface area contributed by atoms with Crippen LogP contribution < -0.4 is 10.9 Å². The van der Waals surface area contributed by atoms with E-state index >= 15 is 0 Å². The van der Waals surface area contributed by atoms with Crippen LogP contribution in [0.2, 0.25) is 10.0 Å². The van der Waals surface area contributed by atoms with Gasteiger partial charge in [-0.25, -0.2) is 8.42 Å². The Labute approximate surface area is 210 Å². The number of hydrogen-bond donors (Lipinski definition) is 1. The molecule has 35 heavy (non-hydrogen) atoms. The van der Waals surface area contributed by atoms with E-state index in [1.54, 1.807) is 42.7 Å². The number of nitrogens with one attached hydrogen (secondary N) is 1. The molecule has 9 nitrogen and oxygen atoms in total. The molecule has 1 N–H and O–H groups in total. The Morgan fingerprint density at radius 1 is 1.14 bits per heavy atom. The van der Waals surface area contributed by atoms with Gasteiger partial charge in [0.1, 0.15) is 0 Å². The number of anilines is 1. The Kier molecular flexibility index (Phi) is 6.12. The van der Waals surface area contributed by atoms with Crippen molar-refractivity contribution in [1.29, 1.82) is 0 Å². The summed E-state index contributed by atoms with van der Waals surface area (Å²) in [6.07, 6.45) is 6.30. The molecule has 0 bridgehead atoms. The quantitative estimate of drug-likeness (QED) is 0.420. The van der Waals surface area contributed by atoms with Crippen LogP contribution >= 0.6 is 23.2 Å². The summed E-state index contributed by atoms with van der Waals surface area (Å²) in [5.41, 5.74) is 1.37. The van der Waals surface area contributed by atoms with Crippen LogP contribution in [0.15, 0.2) is 59.9 Å². The fourth-order valence-corrected chi connectivity index (χ4v) is 6.23. The molecule has 4 heterocycles. The number of pyridine rings is 2. The highest BCUT2D eigenvalue weighted by Crippen LogP contribution is 2.29. The number of halogens is 2. The topological polar surface area (TPSA) is 116 Å². The minimum Gasteiger partial charge on any atom is -0.322 e. The van der Waals surface area contributed by atoms with E-state index in [4.69, 9.17) is 23.2 Å². The Bertz CT molecular complexity index is 1620. The normalized spacial score (nSPS) is 17.0. The molecular weight excluding hydrogens is 513 g/mol. The van der Waals surface area contributed by atoms with Gasteiger partial charge in [0.15, 0.2) is 9.84 Å². The van der Waals surface area contributed by atoms with Crippen LogP contribution in [-0.2, 0) is 16.4 Å². The van der Waals surface area contributed by atoms with Crippen LogP contribution in [0.4, 0.5) is 5.69 Å². The fraction of sp³-hybridized carbons (Fsp3) is 0.217. The highest BCUT2D eigenvalue weighted by Gasteiger charge is 2.32. The number of aromatic nitrogens is 4. The van der Waals surface area contributed by atoms with Crippen LogP contribution in [0.1, 0.15) is 28.4 Å². The van der Waals surface area contributed by atoms with E-state index in [1.807, 2.05) is 0 Å².